The van der Waals surface area contributed by atoms with E-state index in [-0.39, 0.29) is 0 Å². The van der Waals surface area contributed by atoms with Crippen LogP contribution in [-0.2, 0) is 13.1 Å². The van der Waals surface area contributed by atoms with Gasteiger partial charge < -0.3 is 5.32 Å². The number of hydrogen-bond donors (Lipinski definition) is 1. The maximum absolute atomic E-state index is 4.36. The van der Waals surface area contributed by atoms with Crippen LogP contribution in [0.4, 0.5) is 0 Å². The highest BCUT2D eigenvalue weighted by Gasteiger charge is 2.21. The monoisotopic (exact) mass is 235 g/mol. The summed E-state index contributed by atoms with van der Waals surface area (Å²) in [6, 6.07) is 2.77. The van der Waals surface area contributed by atoms with E-state index in [0.29, 0.717) is 6.04 Å². The lowest BCUT2D eigenvalue weighted by Crippen LogP contribution is -2.32. The van der Waals surface area contributed by atoms with Crippen LogP contribution in [0.5, 0.6) is 0 Å². The molecule has 1 fully saturated rings. The lowest BCUT2D eigenvalue weighted by atomic mass is 10.00. The first-order chi connectivity index (χ1) is 8.31. The molecule has 3 nitrogen and oxygen atoms in total. The van der Waals surface area contributed by atoms with Crippen LogP contribution in [0.25, 0.3) is 0 Å². The fourth-order valence-electron chi connectivity index (χ4n) is 2.81. The molecule has 1 saturated carbocycles. The van der Waals surface area contributed by atoms with Gasteiger partial charge in [-0.05, 0) is 38.2 Å². The summed E-state index contributed by atoms with van der Waals surface area (Å²) >= 11 is 0. The predicted molar refractivity (Wildman–Crippen MR) is 70.8 cm³/mol. The predicted octanol–water partition coefficient (Wildman–Crippen LogP) is 2.96. The number of nitrogens with zero attached hydrogens (tertiary/aromatic N) is 2. The summed E-state index contributed by atoms with van der Waals surface area (Å²) in [7, 11) is 0. The molecule has 3 heteroatoms. The Labute approximate surface area is 105 Å². The molecule has 0 aliphatic heterocycles. The molecular formula is C14H25N3. The third-order valence-corrected chi connectivity index (χ3v) is 3.95. The maximum Gasteiger partial charge on any atom is 0.0522 e. The van der Waals surface area contributed by atoms with Crippen LogP contribution in [0.1, 0.15) is 51.6 Å². The Kier molecular flexibility index (Phi) is 4.60. The van der Waals surface area contributed by atoms with Gasteiger partial charge in [-0.1, -0.05) is 19.8 Å². The standard InChI is InChI=1S/C14H25N3/c1-3-10-17-14(8-9-16-17)11-15-12(2)13-6-4-5-7-13/h8-9,12-13,15H,3-7,10-11H2,1-2H3. The van der Waals surface area contributed by atoms with Crippen molar-refractivity contribution in [2.45, 2.75) is 65.1 Å². The fourth-order valence-corrected chi connectivity index (χ4v) is 2.81. The summed E-state index contributed by atoms with van der Waals surface area (Å²) in [5.41, 5.74) is 1.32. The number of nitrogens with one attached hydrogen (secondary N) is 1. The van der Waals surface area contributed by atoms with Crippen LogP contribution < -0.4 is 5.32 Å². The molecule has 1 aliphatic carbocycles. The van der Waals surface area contributed by atoms with Gasteiger partial charge in [0, 0.05) is 25.3 Å². The van der Waals surface area contributed by atoms with E-state index in [1.807, 2.05) is 6.20 Å². The minimum atomic E-state index is 0.641. The molecule has 0 radical (unpaired) electrons. The van der Waals surface area contributed by atoms with Gasteiger partial charge in [-0.25, -0.2) is 0 Å². The van der Waals surface area contributed by atoms with Crippen molar-refractivity contribution in [3.8, 4) is 0 Å². The second kappa shape index (κ2) is 6.20. The second-order valence-corrected chi connectivity index (χ2v) is 5.26. The van der Waals surface area contributed by atoms with Gasteiger partial charge in [-0.15, -0.1) is 0 Å². The molecule has 0 aromatic carbocycles. The zero-order valence-electron chi connectivity index (χ0n) is 11.2. The van der Waals surface area contributed by atoms with E-state index in [0.717, 1.165) is 25.4 Å². The van der Waals surface area contributed by atoms with E-state index in [1.165, 1.54) is 31.4 Å². The van der Waals surface area contributed by atoms with Gasteiger partial charge in [0.05, 0.1) is 5.69 Å². The van der Waals surface area contributed by atoms with Crippen LogP contribution in [0, 0.1) is 5.92 Å². The Hall–Kier alpha value is -0.830. The minimum absolute atomic E-state index is 0.641. The van der Waals surface area contributed by atoms with Gasteiger partial charge >= 0.3 is 0 Å². The van der Waals surface area contributed by atoms with Crippen LogP contribution in [-0.4, -0.2) is 15.8 Å². The van der Waals surface area contributed by atoms with Crippen molar-refractivity contribution in [3.63, 3.8) is 0 Å². The topological polar surface area (TPSA) is 29.9 Å². The third-order valence-electron chi connectivity index (χ3n) is 3.95. The average molecular weight is 235 g/mol. The van der Waals surface area contributed by atoms with Gasteiger partial charge in [-0.2, -0.15) is 5.10 Å². The minimum Gasteiger partial charge on any atom is -0.308 e. The van der Waals surface area contributed by atoms with E-state index in [4.69, 9.17) is 0 Å². The van der Waals surface area contributed by atoms with Crippen LogP contribution >= 0.6 is 0 Å². The average Bonchev–Trinajstić information content (AvgIpc) is 2.97. The molecular weight excluding hydrogens is 210 g/mol. The van der Waals surface area contributed by atoms with Crippen LogP contribution in [0.2, 0.25) is 0 Å². The Balaban J connectivity index is 1.81. The SMILES string of the molecule is CCCn1nccc1CNC(C)C1CCCC1. The Morgan fingerprint density at radius 3 is 2.94 bits per heavy atom. The third kappa shape index (κ3) is 3.32. The van der Waals surface area contributed by atoms with E-state index in [1.54, 1.807) is 0 Å². The molecule has 1 aromatic rings. The summed E-state index contributed by atoms with van der Waals surface area (Å²) in [6.45, 7) is 6.51. The highest BCUT2D eigenvalue weighted by atomic mass is 15.3. The lowest BCUT2D eigenvalue weighted by Gasteiger charge is -2.20. The van der Waals surface area contributed by atoms with Gasteiger partial charge in [0.25, 0.3) is 0 Å². The Morgan fingerprint density at radius 1 is 1.47 bits per heavy atom. The molecule has 17 heavy (non-hydrogen) atoms. The number of hydrogen-bond acceptors (Lipinski definition) is 2. The molecule has 1 N–H and O–H groups in total. The molecule has 0 bridgehead atoms. The van der Waals surface area contributed by atoms with Crippen molar-refractivity contribution in [1.82, 2.24) is 15.1 Å². The Bertz CT molecular complexity index is 326. The van der Waals surface area contributed by atoms with Crippen molar-refractivity contribution in [2.75, 3.05) is 0 Å². The smallest absolute Gasteiger partial charge is 0.0522 e. The van der Waals surface area contributed by atoms with E-state index >= 15 is 0 Å². The zero-order valence-corrected chi connectivity index (χ0v) is 11.2. The molecule has 0 saturated heterocycles. The molecule has 1 heterocycles. The van der Waals surface area contributed by atoms with E-state index in [2.05, 4.69) is 35.0 Å². The van der Waals surface area contributed by atoms with Gasteiger partial charge in [0.2, 0.25) is 0 Å². The van der Waals surface area contributed by atoms with Gasteiger partial charge in [0.1, 0.15) is 0 Å². The first-order valence-electron chi connectivity index (χ1n) is 7.05. The summed E-state index contributed by atoms with van der Waals surface area (Å²) in [5, 5.41) is 8.02. The van der Waals surface area contributed by atoms with E-state index in [9.17, 15) is 0 Å². The molecule has 0 amide bonds. The first kappa shape index (κ1) is 12.6. The highest BCUT2D eigenvalue weighted by Crippen LogP contribution is 2.27. The normalized spacial score (nSPS) is 18.7. The maximum atomic E-state index is 4.36. The van der Waals surface area contributed by atoms with Crippen molar-refractivity contribution < 1.29 is 0 Å². The van der Waals surface area contributed by atoms with Crippen molar-refractivity contribution in [2.24, 2.45) is 5.92 Å². The van der Waals surface area contributed by atoms with Crippen molar-refractivity contribution in [1.29, 1.82) is 0 Å². The summed E-state index contributed by atoms with van der Waals surface area (Å²) < 4.78 is 2.12. The zero-order chi connectivity index (χ0) is 12.1. The molecule has 1 aromatic heterocycles. The van der Waals surface area contributed by atoms with Crippen molar-refractivity contribution in [3.05, 3.63) is 18.0 Å². The molecule has 1 atom stereocenters. The fraction of sp³-hybridized carbons (Fsp3) is 0.786. The van der Waals surface area contributed by atoms with Gasteiger partial charge in [0.15, 0.2) is 0 Å². The van der Waals surface area contributed by atoms with E-state index < -0.39 is 0 Å². The lowest BCUT2D eigenvalue weighted by molar-refractivity contribution is 0.374. The van der Waals surface area contributed by atoms with Crippen molar-refractivity contribution >= 4 is 0 Å². The molecule has 1 aliphatic rings. The quantitative estimate of drug-likeness (QED) is 0.821. The Morgan fingerprint density at radius 2 is 2.24 bits per heavy atom. The summed E-state index contributed by atoms with van der Waals surface area (Å²) in [6.07, 6.45) is 8.71. The van der Waals surface area contributed by atoms with Crippen LogP contribution in [0.15, 0.2) is 12.3 Å². The molecule has 0 spiro atoms. The summed E-state index contributed by atoms with van der Waals surface area (Å²) in [4.78, 5) is 0. The van der Waals surface area contributed by atoms with Crippen LogP contribution in [0.3, 0.4) is 0 Å². The largest absolute Gasteiger partial charge is 0.308 e. The molecule has 2 rings (SSSR count). The number of aryl methyl sites for hydroxylation is 1. The molecule has 96 valence electrons. The first-order valence-corrected chi connectivity index (χ1v) is 7.05. The second-order valence-electron chi connectivity index (χ2n) is 5.26. The van der Waals surface area contributed by atoms with Gasteiger partial charge in [-0.3, -0.25) is 4.68 Å². The number of aromatic nitrogens is 2. The highest BCUT2D eigenvalue weighted by molar-refractivity contribution is 5.00. The molecule has 1 unspecified atom stereocenters. The number of rotatable bonds is 6. The summed E-state index contributed by atoms with van der Waals surface area (Å²) in [5.74, 6) is 0.887.